The predicted octanol–water partition coefficient (Wildman–Crippen LogP) is 2.44. The van der Waals surface area contributed by atoms with Gasteiger partial charge in [-0.25, -0.2) is 0 Å². The van der Waals surface area contributed by atoms with Crippen molar-refractivity contribution >= 4 is 17.7 Å². The van der Waals surface area contributed by atoms with E-state index in [4.69, 9.17) is 0 Å². The topological polar surface area (TPSA) is 62.2 Å². The van der Waals surface area contributed by atoms with Gasteiger partial charge in [-0.3, -0.25) is 9.78 Å². The van der Waals surface area contributed by atoms with Gasteiger partial charge >= 0.3 is 0 Å². The summed E-state index contributed by atoms with van der Waals surface area (Å²) in [6, 6.07) is 1.52. The van der Waals surface area contributed by atoms with Crippen molar-refractivity contribution in [3.63, 3.8) is 0 Å². The van der Waals surface area contributed by atoms with Gasteiger partial charge < -0.3 is 10.4 Å². The largest absolute Gasteiger partial charge is 0.505 e. The van der Waals surface area contributed by atoms with E-state index in [-0.39, 0.29) is 22.0 Å². The predicted molar refractivity (Wildman–Crippen MR) is 75.1 cm³/mol. The van der Waals surface area contributed by atoms with Crippen molar-refractivity contribution in [2.75, 3.05) is 12.8 Å². The number of pyridine rings is 1. The summed E-state index contributed by atoms with van der Waals surface area (Å²) < 4.78 is 0.0678. The molecule has 18 heavy (non-hydrogen) atoms. The number of amides is 1. The maximum atomic E-state index is 12.0. The lowest BCUT2D eigenvalue weighted by Crippen LogP contribution is -2.39. The van der Waals surface area contributed by atoms with Crippen LogP contribution in [0.1, 0.15) is 37.0 Å². The Balaban J connectivity index is 2.69. The Morgan fingerprint density at radius 3 is 2.67 bits per heavy atom. The lowest BCUT2D eigenvalue weighted by Gasteiger charge is -2.29. The Bertz CT molecular complexity index is 397. The first-order chi connectivity index (χ1) is 8.58. The molecule has 1 heterocycles. The molecule has 5 heteroatoms. The lowest BCUT2D eigenvalue weighted by atomic mass is 10.0. The number of rotatable bonds is 6. The number of thioether (sulfide) groups is 1. The molecule has 1 rings (SSSR count). The van der Waals surface area contributed by atoms with E-state index in [2.05, 4.69) is 30.4 Å². The second-order valence-electron chi connectivity index (χ2n) is 4.17. The highest BCUT2D eigenvalue weighted by Crippen LogP contribution is 2.29. The van der Waals surface area contributed by atoms with Gasteiger partial charge in [0.1, 0.15) is 5.75 Å². The fourth-order valence-electron chi connectivity index (χ4n) is 1.78. The molecule has 0 radical (unpaired) electrons. The molecule has 0 aliphatic rings. The van der Waals surface area contributed by atoms with E-state index in [9.17, 15) is 9.90 Å². The van der Waals surface area contributed by atoms with E-state index in [1.165, 1.54) is 18.5 Å². The van der Waals surface area contributed by atoms with Gasteiger partial charge in [0.05, 0.1) is 11.8 Å². The highest BCUT2D eigenvalue weighted by atomic mass is 32.2. The van der Waals surface area contributed by atoms with E-state index in [1.807, 2.05) is 0 Å². The number of hydrogen-bond acceptors (Lipinski definition) is 4. The molecule has 0 saturated heterocycles. The van der Waals surface area contributed by atoms with Crippen molar-refractivity contribution in [3.05, 3.63) is 24.0 Å². The van der Waals surface area contributed by atoms with Gasteiger partial charge in [0.2, 0.25) is 0 Å². The average molecular weight is 268 g/mol. The molecule has 0 aliphatic heterocycles. The summed E-state index contributed by atoms with van der Waals surface area (Å²) in [5.74, 6) is -0.340. The van der Waals surface area contributed by atoms with Gasteiger partial charge in [0.15, 0.2) is 0 Å². The number of nitrogens with one attached hydrogen (secondary N) is 1. The zero-order valence-electron chi connectivity index (χ0n) is 11.1. The van der Waals surface area contributed by atoms with Crippen molar-refractivity contribution in [1.29, 1.82) is 0 Å². The summed E-state index contributed by atoms with van der Waals surface area (Å²) >= 11 is 1.77. The van der Waals surface area contributed by atoms with Crippen LogP contribution in [0.4, 0.5) is 0 Å². The molecule has 0 atom stereocenters. The van der Waals surface area contributed by atoms with E-state index >= 15 is 0 Å². The Morgan fingerprint density at radius 1 is 1.50 bits per heavy atom. The Kier molecular flexibility index (Phi) is 5.47. The summed E-state index contributed by atoms with van der Waals surface area (Å²) in [6.07, 6.45) is 6.82. The highest BCUT2D eigenvalue weighted by molar-refractivity contribution is 8.00. The molecule has 0 bridgehead atoms. The van der Waals surface area contributed by atoms with Crippen LogP contribution in [-0.4, -0.2) is 33.5 Å². The van der Waals surface area contributed by atoms with E-state index < -0.39 is 0 Å². The molecular formula is C13H20N2O2S. The van der Waals surface area contributed by atoms with Crippen molar-refractivity contribution in [2.24, 2.45) is 0 Å². The molecule has 0 aromatic carbocycles. The van der Waals surface area contributed by atoms with Gasteiger partial charge in [0.25, 0.3) is 5.91 Å². The Morgan fingerprint density at radius 2 is 2.17 bits per heavy atom. The normalized spacial score (nSPS) is 11.3. The molecule has 0 aliphatic carbocycles. The minimum atomic E-state index is -0.254. The second kappa shape index (κ2) is 6.64. The third-order valence-electron chi connectivity index (χ3n) is 3.34. The lowest BCUT2D eigenvalue weighted by molar-refractivity contribution is 0.0946. The summed E-state index contributed by atoms with van der Waals surface area (Å²) in [4.78, 5) is 15.7. The van der Waals surface area contributed by atoms with Crippen LogP contribution in [0.3, 0.4) is 0 Å². The Hall–Kier alpha value is -1.23. The third kappa shape index (κ3) is 3.38. The minimum absolute atomic E-state index is 0.0678. The fourth-order valence-corrected chi connectivity index (χ4v) is 2.57. The molecule has 1 aromatic rings. The average Bonchev–Trinajstić information content (AvgIpc) is 2.41. The van der Waals surface area contributed by atoms with Crippen LogP contribution in [0.15, 0.2) is 18.5 Å². The Labute approximate surface area is 112 Å². The summed E-state index contributed by atoms with van der Waals surface area (Å²) in [5, 5.41) is 12.4. The molecular weight excluding hydrogens is 248 g/mol. The summed E-state index contributed by atoms with van der Waals surface area (Å²) in [7, 11) is 0. The zero-order chi connectivity index (χ0) is 13.6. The van der Waals surface area contributed by atoms with E-state index in [1.54, 1.807) is 11.8 Å². The van der Waals surface area contributed by atoms with Crippen molar-refractivity contribution in [1.82, 2.24) is 10.3 Å². The monoisotopic (exact) mass is 268 g/mol. The van der Waals surface area contributed by atoms with Crippen molar-refractivity contribution < 1.29 is 9.90 Å². The second-order valence-corrected chi connectivity index (χ2v) is 5.44. The molecule has 0 unspecified atom stereocenters. The number of aromatic nitrogens is 1. The third-order valence-corrected chi connectivity index (χ3v) is 4.93. The van der Waals surface area contributed by atoms with Gasteiger partial charge in [-0.15, -0.1) is 0 Å². The first-order valence-electron chi connectivity index (χ1n) is 6.05. The van der Waals surface area contributed by atoms with Crippen molar-refractivity contribution in [2.45, 2.75) is 31.4 Å². The maximum Gasteiger partial charge on any atom is 0.255 e. The molecule has 100 valence electrons. The van der Waals surface area contributed by atoms with Gasteiger partial charge in [-0.05, 0) is 25.2 Å². The van der Waals surface area contributed by atoms with Crippen LogP contribution in [0.25, 0.3) is 0 Å². The van der Waals surface area contributed by atoms with Crippen LogP contribution < -0.4 is 5.32 Å². The highest BCUT2D eigenvalue weighted by Gasteiger charge is 2.25. The standard InChI is InChI=1S/C13H20N2O2S/c1-4-13(5-2,18-3)9-15-12(17)10-6-7-14-8-11(10)16/h6-8,16H,4-5,9H2,1-3H3,(H,15,17). The quantitative estimate of drug-likeness (QED) is 0.832. The SMILES string of the molecule is CCC(CC)(CNC(=O)c1ccncc1O)SC. The maximum absolute atomic E-state index is 12.0. The summed E-state index contributed by atoms with van der Waals surface area (Å²) in [6.45, 7) is 4.84. The van der Waals surface area contributed by atoms with E-state index in [0.29, 0.717) is 6.54 Å². The van der Waals surface area contributed by atoms with Crippen LogP contribution in [-0.2, 0) is 0 Å². The van der Waals surface area contributed by atoms with Gasteiger partial charge in [-0.2, -0.15) is 11.8 Å². The number of nitrogens with zero attached hydrogens (tertiary/aromatic N) is 1. The van der Waals surface area contributed by atoms with Crippen LogP contribution in [0.5, 0.6) is 5.75 Å². The molecule has 4 nitrogen and oxygen atoms in total. The fraction of sp³-hybridized carbons (Fsp3) is 0.538. The van der Waals surface area contributed by atoms with Crippen molar-refractivity contribution in [3.8, 4) is 5.75 Å². The molecule has 1 amide bonds. The molecule has 1 aromatic heterocycles. The van der Waals surface area contributed by atoms with E-state index in [0.717, 1.165) is 12.8 Å². The smallest absolute Gasteiger partial charge is 0.255 e. The van der Waals surface area contributed by atoms with Gasteiger partial charge in [0, 0.05) is 17.5 Å². The molecule has 0 spiro atoms. The first-order valence-corrected chi connectivity index (χ1v) is 7.27. The van der Waals surface area contributed by atoms with Crippen LogP contribution >= 0.6 is 11.8 Å². The number of hydrogen-bond donors (Lipinski definition) is 2. The first kappa shape index (κ1) is 14.8. The molecule has 0 saturated carbocycles. The molecule has 2 N–H and O–H groups in total. The van der Waals surface area contributed by atoms with Crippen LogP contribution in [0.2, 0.25) is 0 Å². The molecule has 0 fully saturated rings. The number of aromatic hydroxyl groups is 1. The summed E-state index contributed by atoms with van der Waals surface area (Å²) in [5.41, 5.74) is 0.271. The van der Waals surface area contributed by atoms with Gasteiger partial charge in [-0.1, -0.05) is 13.8 Å². The number of carbonyl (C=O) groups excluding carboxylic acids is 1. The van der Waals surface area contributed by atoms with Crippen LogP contribution in [0, 0.1) is 0 Å². The zero-order valence-corrected chi connectivity index (χ0v) is 11.9. The minimum Gasteiger partial charge on any atom is -0.505 e. The number of carbonyl (C=O) groups is 1.